The molecule has 2 aromatic rings. The molecular weight excluding hydrogens is 424 g/mol. The maximum absolute atomic E-state index is 12.6. The molecule has 3 atom stereocenters. The van der Waals surface area contributed by atoms with E-state index >= 15 is 0 Å². The highest BCUT2D eigenvalue weighted by molar-refractivity contribution is 9.10. The minimum absolute atomic E-state index is 0.134. The fourth-order valence-electron chi connectivity index (χ4n) is 4.12. The summed E-state index contributed by atoms with van der Waals surface area (Å²) >= 11 is 3.50. The molecule has 1 aliphatic heterocycles. The third-order valence-electron chi connectivity index (χ3n) is 5.26. The van der Waals surface area contributed by atoms with Crippen LogP contribution in [0.15, 0.2) is 64.0 Å². The molecule has 0 aromatic heterocycles. The normalized spacial score (nSPS) is 23.8. The van der Waals surface area contributed by atoms with Crippen LogP contribution in [0.1, 0.15) is 43.4 Å². The van der Waals surface area contributed by atoms with Gasteiger partial charge in [-0.1, -0.05) is 40.2 Å². The molecule has 0 spiro atoms. The first-order chi connectivity index (χ1) is 12.8. The Bertz CT molecular complexity index is 984. The zero-order valence-electron chi connectivity index (χ0n) is 15.3. The summed E-state index contributed by atoms with van der Waals surface area (Å²) in [5.41, 5.74) is 3.33. The van der Waals surface area contributed by atoms with Crippen LogP contribution >= 0.6 is 15.9 Å². The third-order valence-corrected chi connectivity index (χ3v) is 7.45. The van der Waals surface area contributed by atoms with Crippen LogP contribution < -0.4 is 10.0 Å². The van der Waals surface area contributed by atoms with Crippen molar-refractivity contribution in [3.63, 3.8) is 0 Å². The molecular formula is C21H23BrN2O2S. The van der Waals surface area contributed by atoms with E-state index in [2.05, 4.69) is 62.4 Å². The van der Waals surface area contributed by atoms with E-state index in [1.807, 2.05) is 26.0 Å². The van der Waals surface area contributed by atoms with Gasteiger partial charge >= 0.3 is 0 Å². The van der Waals surface area contributed by atoms with E-state index in [9.17, 15) is 8.42 Å². The first-order valence-electron chi connectivity index (χ1n) is 9.20. The van der Waals surface area contributed by atoms with Gasteiger partial charge in [-0.05, 0) is 67.6 Å². The van der Waals surface area contributed by atoms with E-state index in [1.54, 1.807) is 6.07 Å². The van der Waals surface area contributed by atoms with Crippen LogP contribution in [0.25, 0.3) is 0 Å². The quantitative estimate of drug-likeness (QED) is 0.652. The summed E-state index contributed by atoms with van der Waals surface area (Å²) in [7, 11) is -3.50. The Morgan fingerprint density at radius 2 is 1.89 bits per heavy atom. The Morgan fingerprint density at radius 1 is 1.15 bits per heavy atom. The molecule has 6 heteroatoms. The number of fused-ring (bicyclic) bond motifs is 3. The monoisotopic (exact) mass is 446 g/mol. The summed E-state index contributed by atoms with van der Waals surface area (Å²) < 4.78 is 28.9. The number of hydrogen-bond acceptors (Lipinski definition) is 3. The summed E-state index contributed by atoms with van der Waals surface area (Å²) in [5.74, 6) is 0.610. The highest BCUT2D eigenvalue weighted by Crippen LogP contribution is 2.50. The number of allylic oxidation sites excluding steroid dienone is 2. The van der Waals surface area contributed by atoms with Crippen molar-refractivity contribution in [3.05, 3.63) is 70.2 Å². The standard InChI is InChI=1S/C21H23BrN2O2S/c1-13(2)24-27(25,26)16-10-11-20-19(12-16)17-4-3-5-18(17)21(23-20)14-6-8-15(22)9-7-14/h3-4,6-13,17-18,21,23-24H,5H2,1-2H3. The van der Waals surface area contributed by atoms with Gasteiger partial charge in [0.1, 0.15) is 0 Å². The second kappa shape index (κ2) is 7.08. The van der Waals surface area contributed by atoms with Gasteiger partial charge < -0.3 is 5.32 Å². The van der Waals surface area contributed by atoms with E-state index in [1.165, 1.54) is 5.56 Å². The maximum atomic E-state index is 12.6. The van der Waals surface area contributed by atoms with Crippen LogP contribution in [0, 0.1) is 5.92 Å². The lowest BCUT2D eigenvalue weighted by Crippen LogP contribution is -2.31. The van der Waals surface area contributed by atoms with Gasteiger partial charge in [0, 0.05) is 22.1 Å². The molecule has 0 saturated carbocycles. The molecule has 2 aromatic carbocycles. The minimum atomic E-state index is -3.50. The van der Waals surface area contributed by atoms with Crippen molar-refractivity contribution >= 4 is 31.6 Å². The Labute approximate surface area is 169 Å². The van der Waals surface area contributed by atoms with Crippen LogP contribution in [-0.2, 0) is 10.0 Å². The third kappa shape index (κ3) is 3.58. The zero-order valence-corrected chi connectivity index (χ0v) is 17.7. The van der Waals surface area contributed by atoms with Crippen LogP contribution in [0.2, 0.25) is 0 Å². The molecule has 2 N–H and O–H groups in total. The van der Waals surface area contributed by atoms with Crippen molar-refractivity contribution in [1.82, 2.24) is 4.72 Å². The van der Waals surface area contributed by atoms with Crippen molar-refractivity contribution in [2.75, 3.05) is 5.32 Å². The Morgan fingerprint density at radius 3 is 2.59 bits per heavy atom. The molecule has 0 amide bonds. The predicted octanol–water partition coefficient (Wildman–Crippen LogP) is 4.96. The topological polar surface area (TPSA) is 58.2 Å². The molecule has 3 unspecified atom stereocenters. The van der Waals surface area contributed by atoms with Crippen LogP contribution in [0.4, 0.5) is 5.69 Å². The highest BCUT2D eigenvalue weighted by atomic mass is 79.9. The molecule has 4 nitrogen and oxygen atoms in total. The number of benzene rings is 2. The van der Waals surface area contributed by atoms with Crippen molar-refractivity contribution in [3.8, 4) is 0 Å². The van der Waals surface area contributed by atoms with E-state index < -0.39 is 10.0 Å². The number of anilines is 1. The fourth-order valence-corrected chi connectivity index (χ4v) is 5.67. The fraction of sp³-hybridized carbons (Fsp3) is 0.333. The van der Waals surface area contributed by atoms with Crippen LogP contribution in [0.3, 0.4) is 0 Å². The van der Waals surface area contributed by atoms with Gasteiger partial charge in [0.2, 0.25) is 10.0 Å². The van der Waals surface area contributed by atoms with Crippen molar-refractivity contribution in [1.29, 1.82) is 0 Å². The lowest BCUT2D eigenvalue weighted by atomic mass is 9.77. The SMILES string of the molecule is CC(C)NS(=O)(=O)c1ccc2c(c1)C1C=CCC1C(c1ccc(Br)cc1)N2. The van der Waals surface area contributed by atoms with Gasteiger partial charge in [-0.3, -0.25) is 0 Å². The summed E-state index contributed by atoms with van der Waals surface area (Å²) in [6.45, 7) is 3.66. The molecule has 2 aliphatic rings. The Hall–Kier alpha value is -1.63. The summed E-state index contributed by atoms with van der Waals surface area (Å²) in [5, 5.41) is 3.65. The molecule has 4 rings (SSSR count). The summed E-state index contributed by atoms with van der Waals surface area (Å²) in [6, 6.07) is 13.9. The lowest BCUT2D eigenvalue weighted by Gasteiger charge is -2.37. The average Bonchev–Trinajstić information content (AvgIpc) is 3.10. The number of halogens is 1. The van der Waals surface area contributed by atoms with Gasteiger partial charge in [-0.2, -0.15) is 0 Å². The maximum Gasteiger partial charge on any atom is 0.240 e. The molecule has 0 saturated heterocycles. The van der Waals surface area contributed by atoms with Gasteiger partial charge in [0.25, 0.3) is 0 Å². The second-order valence-corrected chi connectivity index (χ2v) is 10.2. The zero-order chi connectivity index (χ0) is 19.2. The molecule has 0 radical (unpaired) electrons. The summed E-state index contributed by atoms with van der Waals surface area (Å²) in [4.78, 5) is 0.331. The number of sulfonamides is 1. The van der Waals surface area contributed by atoms with E-state index in [-0.39, 0.29) is 18.0 Å². The first kappa shape index (κ1) is 18.7. The lowest BCUT2D eigenvalue weighted by molar-refractivity contribution is 0.425. The Kier molecular flexibility index (Phi) is 4.91. The molecule has 142 valence electrons. The van der Waals surface area contributed by atoms with Gasteiger partial charge in [0.05, 0.1) is 10.9 Å². The predicted molar refractivity (Wildman–Crippen MR) is 112 cm³/mol. The molecule has 1 aliphatic carbocycles. The largest absolute Gasteiger partial charge is 0.378 e. The van der Waals surface area contributed by atoms with Gasteiger partial charge in [-0.15, -0.1) is 0 Å². The van der Waals surface area contributed by atoms with E-state index in [0.717, 1.165) is 22.1 Å². The van der Waals surface area contributed by atoms with E-state index in [0.29, 0.717) is 10.8 Å². The summed E-state index contributed by atoms with van der Waals surface area (Å²) in [6.07, 6.45) is 5.42. The first-order valence-corrected chi connectivity index (χ1v) is 11.5. The highest BCUT2D eigenvalue weighted by Gasteiger charge is 2.38. The molecule has 1 heterocycles. The van der Waals surface area contributed by atoms with Crippen molar-refractivity contribution < 1.29 is 8.42 Å². The number of hydrogen-bond donors (Lipinski definition) is 2. The van der Waals surface area contributed by atoms with Crippen LogP contribution in [-0.4, -0.2) is 14.5 Å². The second-order valence-electron chi connectivity index (χ2n) is 7.55. The van der Waals surface area contributed by atoms with Crippen molar-refractivity contribution in [2.24, 2.45) is 5.92 Å². The molecule has 27 heavy (non-hydrogen) atoms. The number of rotatable bonds is 4. The molecule has 0 fully saturated rings. The van der Waals surface area contributed by atoms with Gasteiger partial charge in [0.15, 0.2) is 0 Å². The minimum Gasteiger partial charge on any atom is -0.378 e. The van der Waals surface area contributed by atoms with Gasteiger partial charge in [-0.25, -0.2) is 13.1 Å². The van der Waals surface area contributed by atoms with Crippen molar-refractivity contribution in [2.45, 2.75) is 43.2 Å². The average molecular weight is 447 g/mol. The molecule has 0 bridgehead atoms. The Balaban J connectivity index is 1.73. The number of nitrogens with one attached hydrogen (secondary N) is 2. The smallest absolute Gasteiger partial charge is 0.240 e. The van der Waals surface area contributed by atoms with Crippen LogP contribution in [0.5, 0.6) is 0 Å². The van der Waals surface area contributed by atoms with E-state index in [4.69, 9.17) is 0 Å².